The van der Waals surface area contributed by atoms with E-state index in [1.807, 2.05) is 18.2 Å². The molecule has 0 atom stereocenters. The van der Waals surface area contributed by atoms with Crippen molar-refractivity contribution in [3.8, 4) is 22.6 Å². The highest BCUT2D eigenvalue weighted by Crippen LogP contribution is 2.38. The van der Waals surface area contributed by atoms with Crippen LogP contribution in [0.25, 0.3) is 11.1 Å². The van der Waals surface area contributed by atoms with Crippen molar-refractivity contribution in [1.29, 1.82) is 0 Å². The van der Waals surface area contributed by atoms with E-state index in [9.17, 15) is 9.90 Å². The number of nitrogens with zero attached hydrogens (tertiary/aromatic N) is 1. The van der Waals surface area contributed by atoms with Crippen molar-refractivity contribution in [3.05, 3.63) is 47.5 Å². The number of rotatable bonds is 6. The first-order valence-electron chi connectivity index (χ1n) is 8.41. The third-order valence-electron chi connectivity index (χ3n) is 4.22. The second-order valence-electron chi connectivity index (χ2n) is 6.47. The Labute approximate surface area is 147 Å². The smallest absolute Gasteiger partial charge is 0.307 e. The van der Waals surface area contributed by atoms with E-state index < -0.39 is 5.97 Å². The molecular weight excluding hydrogens is 318 g/mol. The summed E-state index contributed by atoms with van der Waals surface area (Å²) in [6.07, 6.45) is 0.935. The minimum absolute atomic E-state index is 0.0473. The summed E-state index contributed by atoms with van der Waals surface area (Å²) in [4.78, 5) is 13.4. The molecule has 0 aromatic heterocycles. The van der Waals surface area contributed by atoms with Gasteiger partial charge in [-0.15, -0.1) is 0 Å². The second-order valence-corrected chi connectivity index (χ2v) is 6.47. The Balaban J connectivity index is 1.92. The van der Waals surface area contributed by atoms with Crippen LogP contribution in [0.2, 0.25) is 0 Å². The van der Waals surface area contributed by atoms with E-state index in [0.717, 1.165) is 29.7 Å². The van der Waals surface area contributed by atoms with Crippen LogP contribution >= 0.6 is 0 Å². The Bertz CT molecular complexity index is 753. The van der Waals surface area contributed by atoms with Gasteiger partial charge in [0.05, 0.1) is 6.42 Å². The number of carbonyl (C=O) groups is 1. The molecule has 0 fully saturated rings. The van der Waals surface area contributed by atoms with Crippen molar-refractivity contribution in [2.75, 3.05) is 33.9 Å². The molecule has 0 spiro atoms. The molecule has 0 bridgehead atoms. The molecule has 0 unspecified atom stereocenters. The fraction of sp³-hybridized carbons (Fsp3) is 0.350. The summed E-state index contributed by atoms with van der Waals surface area (Å²) >= 11 is 0. The zero-order valence-electron chi connectivity index (χ0n) is 14.6. The molecule has 25 heavy (non-hydrogen) atoms. The van der Waals surface area contributed by atoms with Gasteiger partial charge in [0.1, 0.15) is 13.2 Å². The van der Waals surface area contributed by atoms with E-state index in [0.29, 0.717) is 24.7 Å². The van der Waals surface area contributed by atoms with Gasteiger partial charge in [-0.3, -0.25) is 4.79 Å². The lowest BCUT2D eigenvalue weighted by Gasteiger charge is -2.21. The lowest BCUT2D eigenvalue weighted by molar-refractivity contribution is -0.136. The first kappa shape index (κ1) is 17.3. The molecule has 2 aromatic carbocycles. The number of ether oxygens (including phenoxy) is 2. The third kappa shape index (κ3) is 4.31. The van der Waals surface area contributed by atoms with E-state index in [1.165, 1.54) is 5.56 Å². The maximum absolute atomic E-state index is 11.2. The highest BCUT2D eigenvalue weighted by molar-refractivity contribution is 5.78. The molecule has 0 saturated heterocycles. The molecule has 0 amide bonds. The molecule has 1 N–H and O–H groups in total. The number of carboxylic acids is 1. The molecule has 0 saturated carbocycles. The van der Waals surface area contributed by atoms with E-state index >= 15 is 0 Å². The molecule has 1 aliphatic rings. The van der Waals surface area contributed by atoms with E-state index in [2.05, 4.69) is 31.1 Å². The summed E-state index contributed by atoms with van der Waals surface area (Å²) in [5.74, 6) is 0.432. The minimum Gasteiger partial charge on any atom is -0.486 e. The highest BCUT2D eigenvalue weighted by Gasteiger charge is 2.18. The van der Waals surface area contributed by atoms with Crippen molar-refractivity contribution in [2.45, 2.75) is 12.8 Å². The molecule has 5 nitrogen and oxygen atoms in total. The monoisotopic (exact) mass is 341 g/mol. The lowest BCUT2D eigenvalue weighted by atomic mass is 9.95. The average molecular weight is 341 g/mol. The highest BCUT2D eigenvalue weighted by atomic mass is 16.6. The van der Waals surface area contributed by atoms with Crippen molar-refractivity contribution in [2.24, 2.45) is 0 Å². The van der Waals surface area contributed by atoms with Crippen LogP contribution in [-0.2, 0) is 17.6 Å². The summed E-state index contributed by atoms with van der Waals surface area (Å²) in [5, 5.41) is 9.23. The number of fused-ring (bicyclic) bond motifs is 1. The predicted octanol–water partition coefficient (Wildman–Crippen LogP) is 2.86. The molecule has 2 aromatic rings. The Morgan fingerprint density at radius 3 is 2.32 bits per heavy atom. The molecule has 132 valence electrons. The molecule has 5 heteroatoms. The number of hydrogen-bond donors (Lipinski definition) is 1. The van der Waals surface area contributed by atoms with Crippen LogP contribution in [0, 0.1) is 0 Å². The zero-order valence-corrected chi connectivity index (χ0v) is 14.6. The van der Waals surface area contributed by atoms with Crippen LogP contribution in [0.4, 0.5) is 0 Å². The summed E-state index contributed by atoms with van der Waals surface area (Å²) < 4.78 is 11.2. The summed E-state index contributed by atoms with van der Waals surface area (Å²) in [6, 6.07) is 12.0. The van der Waals surface area contributed by atoms with Gasteiger partial charge in [-0.1, -0.05) is 24.3 Å². The van der Waals surface area contributed by atoms with Gasteiger partial charge in [0.25, 0.3) is 0 Å². The normalized spacial score (nSPS) is 13.1. The third-order valence-corrected chi connectivity index (χ3v) is 4.22. The van der Waals surface area contributed by atoms with Gasteiger partial charge >= 0.3 is 5.97 Å². The molecular formula is C20H23NO4. The topological polar surface area (TPSA) is 59.0 Å². The van der Waals surface area contributed by atoms with Gasteiger partial charge in [-0.25, -0.2) is 0 Å². The predicted molar refractivity (Wildman–Crippen MR) is 96.5 cm³/mol. The van der Waals surface area contributed by atoms with E-state index in [1.54, 1.807) is 6.07 Å². The largest absolute Gasteiger partial charge is 0.486 e. The number of hydrogen-bond acceptors (Lipinski definition) is 4. The minimum atomic E-state index is -0.861. The fourth-order valence-corrected chi connectivity index (χ4v) is 2.91. The van der Waals surface area contributed by atoms with Gasteiger partial charge in [0, 0.05) is 6.54 Å². The van der Waals surface area contributed by atoms with E-state index in [-0.39, 0.29) is 6.42 Å². The summed E-state index contributed by atoms with van der Waals surface area (Å²) in [7, 11) is 4.11. The van der Waals surface area contributed by atoms with Crippen LogP contribution < -0.4 is 9.47 Å². The van der Waals surface area contributed by atoms with Crippen molar-refractivity contribution in [1.82, 2.24) is 4.90 Å². The summed E-state index contributed by atoms with van der Waals surface area (Å²) in [5.41, 5.74) is 3.86. The molecule has 0 aliphatic carbocycles. The Hall–Kier alpha value is -2.53. The SMILES string of the molecule is CN(C)CCc1ccc(-c2cc3c(cc2CC(=O)O)OCCO3)cc1. The van der Waals surface area contributed by atoms with Crippen LogP contribution in [0.5, 0.6) is 11.5 Å². The van der Waals surface area contributed by atoms with Crippen molar-refractivity contribution < 1.29 is 19.4 Å². The van der Waals surface area contributed by atoms with Gasteiger partial charge in [-0.05, 0) is 54.9 Å². The Kier molecular flexibility index (Phi) is 5.24. The van der Waals surface area contributed by atoms with Gasteiger partial charge < -0.3 is 19.5 Å². The van der Waals surface area contributed by atoms with Gasteiger partial charge in [-0.2, -0.15) is 0 Å². The summed E-state index contributed by atoms with van der Waals surface area (Å²) in [6.45, 7) is 1.99. The second kappa shape index (κ2) is 7.57. The zero-order chi connectivity index (χ0) is 17.8. The number of likely N-dealkylation sites (N-methyl/N-ethyl adjacent to an activating group) is 1. The lowest BCUT2D eigenvalue weighted by Crippen LogP contribution is -2.16. The first-order valence-corrected chi connectivity index (χ1v) is 8.41. The van der Waals surface area contributed by atoms with Crippen molar-refractivity contribution >= 4 is 5.97 Å². The maximum atomic E-state index is 11.2. The quantitative estimate of drug-likeness (QED) is 0.875. The average Bonchev–Trinajstić information content (AvgIpc) is 2.59. The number of carboxylic acid groups (broad SMARTS) is 1. The number of benzene rings is 2. The Morgan fingerprint density at radius 1 is 1.08 bits per heavy atom. The van der Waals surface area contributed by atoms with Gasteiger partial charge in [0.15, 0.2) is 11.5 Å². The molecule has 0 radical (unpaired) electrons. The van der Waals surface area contributed by atoms with Gasteiger partial charge in [0.2, 0.25) is 0 Å². The first-order chi connectivity index (χ1) is 12.0. The van der Waals surface area contributed by atoms with Crippen LogP contribution in [-0.4, -0.2) is 49.8 Å². The molecule has 3 rings (SSSR count). The van der Waals surface area contributed by atoms with Crippen LogP contribution in [0.15, 0.2) is 36.4 Å². The fourth-order valence-electron chi connectivity index (χ4n) is 2.91. The molecule has 1 heterocycles. The standard InChI is InChI=1S/C20H23NO4/c1-21(2)8-7-14-3-5-15(6-4-14)17-13-19-18(24-9-10-25-19)11-16(17)12-20(22)23/h3-6,11,13H,7-10,12H2,1-2H3,(H,22,23). The molecule has 1 aliphatic heterocycles. The number of aliphatic carboxylic acids is 1. The maximum Gasteiger partial charge on any atom is 0.307 e. The van der Waals surface area contributed by atoms with Crippen LogP contribution in [0.1, 0.15) is 11.1 Å². The van der Waals surface area contributed by atoms with Crippen molar-refractivity contribution in [3.63, 3.8) is 0 Å². The van der Waals surface area contributed by atoms with Crippen LogP contribution in [0.3, 0.4) is 0 Å². The van der Waals surface area contributed by atoms with E-state index in [4.69, 9.17) is 9.47 Å². The Morgan fingerprint density at radius 2 is 1.72 bits per heavy atom.